The van der Waals surface area contributed by atoms with E-state index in [2.05, 4.69) is 15.9 Å². The van der Waals surface area contributed by atoms with Crippen LogP contribution in [0.2, 0.25) is 0 Å². The van der Waals surface area contributed by atoms with Gasteiger partial charge in [0.2, 0.25) is 0 Å². The van der Waals surface area contributed by atoms with Crippen molar-refractivity contribution < 1.29 is 19.1 Å². The zero-order chi connectivity index (χ0) is 27.6. The molecule has 1 aliphatic rings. The lowest BCUT2D eigenvalue weighted by molar-refractivity contribution is 0.0611. The Morgan fingerprint density at radius 2 is 1.35 bits per heavy atom. The molecular formula is C33H23BrN2O4. The molecule has 0 bridgehead atoms. The van der Waals surface area contributed by atoms with E-state index in [-0.39, 0.29) is 30.8 Å². The van der Waals surface area contributed by atoms with Crippen molar-refractivity contribution in [2.45, 2.75) is 0 Å². The van der Waals surface area contributed by atoms with Crippen LogP contribution in [0.15, 0.2) is 120 Å². The van der Waals surface area contributed by atoms with Crippen LogP contribution in [0.3, 0.4) is 0 Å². The van der Waals surface area contributed by atoms with Gasteiger partial charge < -0.3 is 9.64 Å². The third-order valence-corrected chi connectivity index (χ3v) is 7.34. The molecule has 5 aromatic carbocycles. The largest absolute Gasteiger partial charge is 0.457 e. The minimum Gasteiger partial charge on any atom is -0.457 e. The first kappa shape index (κ1) is 25.5. The van der Waals surface area contributed by atoms with Gasteiger partial charge in [-0.15, -0.1) is 0 Å². The highest BCUT2D eigenvalue weighted by molar-refractivity contribution is 9.10. The Morgan fingerprint density at radius 3 is 2.00 bits per heavy atom. The zero-order valence-corrected chi connectivity index (χ0v) is 22.9. The summed E-state index contributed by atoms with van der Waals surface area (Å²) in [4.78, 5) is 43.4. The van der Waals surface area contributed by atoms with Crippen LogP contribution < -0.4 is 9.64 Å². The second-order valence-electron chi connectivity index (χ2n) is 9.35. The third kappa shape index (κ3) is 4.87. The van der Waals surface area contributed by atoms with E-state index in [0.29, 0.717) is 39.3 Å². The number of carbonyl (C=O) groups excluding carboxylic acids is 3. The Bertz CT molecular complexity index is 1700. The van der Waals surface area contributed by atoms with Crippen molar-refractivity contribution in [1.82, 2.24) is 4.90 Å². The number of imide groups is 1. The average molecular weight is 591 g/mol. The van der Waals surface area contributed by atoms with E-state index >= 15 is 0 Å². The number of benzene rings is 5. The smallest absolute Gasteiger partial charge is 0.261 e. The van der Waals surface area contributed by atoms with Crippen molar-refractivity contribution in [3.8, 4) is 11.5 Å². The normalized spacial score (nSPS) is 12.5. The summed E-state index contributed by atoms with van der Waals surface area (Å²) in [6.45, 7) is 0.143. The van der Waals surface area contributed by atoms with E-state index < -0.39 is 0 Å². The molecule has 196 valence electrons. The van der Waals surface area contributed by atoms with Gasteiger partial charge in [0, 0.05) is 45.3 Å². The Morgan fingerprint density at radius 1 is 0.725 bits per heavy atom. The first-order valence-corrected chi connectivity index (χ1v) is 13.6. The van der Waals surface area contributed by atoms with E-state index in [1.54, 1.807) is 59.5 Å². The number of ether oxygens (including phenoxy) is 1. The van der Waals surface area contributed by atoms with Gasteiger partial charge in [0.1, 0.15) is 11.5 Å². The number of halogens is 1. The van der Waals surface area contributed by atoms with E-state index in [4.69, 9.17) is 4.74 Å². The fraction of sp³-hybridized carbons (Fsp3) is 0.0606. The van der Waals surface area contributed by atoms with E-state index in [0.717, 1.165) is 9.86 Å². The van der Waals surface area contributed by atoms with Crippen molar-refractivity contribution in [3.05, 3.63) is 136 Å². The molecule has 0 radical (unpaired) electrons. The summed E-state index contributed by atoms with van der Waals surface area (Å²) in [6.07, 6.45) is 0. The molecule has 0 unspecified atom stereocenters. The highest BCUT2D eigenvalue weighted by atomic mass is 79.9. The number of para-hydroxylation sites is 1. The molecule has 0 aromatic heterocycles. The van der Waals surface area contributed by atoms with E-state index in [1.807, 2.05) is 60.7 Å². The summed E-state index contributed by atoms with van der Waals surface area (Å²) in [7, 11) is 0. The summed E-state index contributed by atoms with van der Waals surface area (Å²) in [5.41, 5.74) is 2.06. The number of anilines is 1. The molecule has 1 aliphatic heterocycles. The number of carbonyl (C=O) groups is 3. The van der Waals surface area contributed by atoms with Crippen LogP contribution in [-0.4, -0.2) is 35.7 Å². The number of hydrogen-bond acceptors (Lipinski definition) is 4. The van der Waals surface area contributed by atoms with Crippen LogP contribution in [0.1, 0.15) is 31.1 Å². The third-order valence-electron chi connectivity index (χ3n) is 6.85. The van der Waals surface area contributed by atoms with E-state index in [1.165, 1.54) is 4.90 Å². The van der Waals surface area contributed by atoms with Gasteiger partial charge in [-0.25, -0.2) is 0 Å². The van der Waals surface area contributed by atoms with Gasteiger partial charge in [-0.05, 0) is 72.1 Å². The van der Waals surface area contributed by atoms with Gasteiger partial charge in [-0.1, -0.05) is 64.5 Å². The Labute approximate surface area is 239 Å². The van der Waals surface area contributed by atoms with Crippen LogP contribution in [0, 0.1) is 0 Å². The first-order valence-electron chi connectivity index (χ1n) is 12.8. The van der Waals surface area contributed by atoms with Crippen molar-refractivity contribution >= 4 is 50.1 Å². The van der Waals surface area contributed by atoms with Crippen LogP contribution in [0.5, 0.6) is 11.5 Å². The van der Waals surface area contributed by atoms with Crippen LogP contribution >= 0.6 is 15.9 Å². The molecule has 0 aliphatic carbocycles. The van der Waals surface area contributed by atoms with E-state index in [9.17, 15) is 14.4 Å². The topological polar surface area (TPSA) is 66.9 Å². The zero-order valence-electron chi connectivity index (χ0n) is 21.3. The summed E-state index contributed by atoms with van der Waals surface area (Å²) in [5.74, 6) is 0.342. The Hall–Kier alpha value is -4.75. The molecule has 40 heavy (non-hydrogen) atoms. The molecule has 0 fully saturated rings. The molecule has 0 atom stereocenters. The molecule has 0 saturated carbocycles. The molecule has 0 N–H and O–H groups in total. The van der Waals surface area contributed by atoms with Gasteiger partial charge >= 0.3 is 0 Å². The number of nitrogens with zero attached hydrogens (tertiary/aromatic N) is 2. The quantitative estimate of drug-likeness (QED) is 0.186. The molecular weight excluding hydrogens is 568 g/mol. The second-order valence-corrected chi connectivity index (χ2v) is 10.3. The minimum atomic E-state index is -0.365. The standard InChI is InChI=1S/C33H23BrN2O4/c34-24-10-4-9-23(21-24)31(37)35(25-15-17-27(18-16-25)40-26-11-2-1-3-12-26)19-20-36-32(38)28-13-5-7-22-8-6-14-29(30(22)28)33(36)39/h1-18,21H,19-20H2. The van der Waals surface area contributed by atoms with Gasteiger partial charge in [-0.3, -0.25) is 19.3 Å². The summed E-state index contributed by atoms with van der Waals surface area (Å²) in [6, 6.07) is 34.6. The lowest BCUT2D eigenvalue weighted by atomic mass is 9.94. The number of hydrogen-bond donors (Lipinski definition) is 0. The summed E-state index contributed by atoms with van der Waals surface area (Å²) in [5, 5.41) is 1.52. The molecule has 3 amide bonds. The van der Waals surface area contributed by atoms with Crippen LogP contribution in [-0.2, 0) is 0 Å². The van der Waals surface area contributed by atoms with Gasteiger partial charge in [0.25, 0.3) is 17.7 Å². The predicted octanol–water partition coefficient (Wildman–Crippen LogP) is 7.34. The molecule has 6 rings (SSSR count). The summed E-state index contributed by atoms with van der Waals surface area (Å²) < 4.78 is 6.68. The van der Waals surface area contributed by atoms with Gasteiger partial charge in [-0.2, -0.15) is 0 Å². The van der Waals surface area contributed by atoms with Crippen molar-refractivity contribution in [2.75, 3.05) is 18.0 Å². The predicted molar refractivity (Wildman–Crippen MR) is 158 cm³/mol. The molecule has 0 saturated heterocycles. The first-order chi connectivity index (χ1) is 19.5. The maximum atomic E-state index is 13.7. The maximum absolute atomic E-state index is 13.7. The highest BCUT2D eigenvalue weighted by Gasteiger charge is 2.33. The monoisotopic (exact) mass is 590 g/mol. The van der Waals surface area contributed by atoms with Gasteiger partial charge in [0.15, 0.2) is 0 Å². The summed E-state index contributed by atoms with van der Waals surface area (Å²) >= 11 is 3.44. The van der Waals surface area contributed by atoms with Crippen molar-refractivity contribution in [2.24, 2.45) is 0 Å². The molecule has 1 heterocycles. The lowest BCUT2D eigenvalue weighted by Crippen LogP contribution is -2.46. The molecule has 0 spiro atoms. The highest BCUT2D eigenvalue weighted by Crippen LogP contribution is 2.31. The molecule has 7 heteroatoms. The molecule has 6 nitrogen and oxygen atoms in total. The Kier molecular flexibility index (Phi) is 6.88. The fourth-order valence-electron chi connectivity index (χ4n) is 4.93. The SMILES string of the molecule is O=C1c2cccc3cccc(c23)C(=O)N1CCN(C(=O)c1cccc(Br)c1)c1ccc(Oc2ccccc2)cc1. The van der Waals surface area contributed by atoms with Crippen LogP contribution in [0.25, 0.3) is 10.8 Å². The lowest BCUT2D eigenvalue weighted by Gasteiger charge is -2.30. The number of rotatable bonds is 7. The van der Waals surface area contributed by atoms with Crippen molar-refractivity contribution in [1.29, 1.82) is 0 Å². The number of amides is 3. The fourth-order valence-corrected chi connectivity index (χ4v) is 5.33. The average Bonchev–Trinajstić information content (AvgIpc) is 2.98. The van der Waals surface area contributed by atoms with Gasteiger partial charge in [0.05, 0.1) is 0 Å². The minimum absolute atomic E-state index is 0.0321. The van der Waals surface area contributed by atoms with Crippen LogP contribution in [0.4, 0.5) is 5.69 Å². The second kappa shape index (κ2) is 10.8. The molecule has 5 aromatic rings. The Balaban J connectivity index is 1.29. The van der Waals surface area contributed by atoms with Crippen molar-refractivity contribution in [3.63, 3.8) is 0 Å². The maximum Gasteiger partial charge on any atom is 0.261 e.